The van der Waals surface area contributed by atoms with E-state index in [-0.39, 0.29) is 17.8 Å². The summed E-state index contributed by atoms with van der Waals surface area (Å²) in [6.07, 6.45) is 1.82. The number of nitrogens with one attached hydrogen (secondary N) is 1. The molecule has 0 aromatic carbocycles. The van der Waals surface area contributed by atoms with Gasteiger partial charge in [-0.25, -0.2) is 0 Å². The van der Waals surface area contributed by atoms with E-state index in [1.807, 2.05) is 6.92 Å². The van der Waals surface area contributed by atoms with Crippen molar-refractivity contribution in [2.45, 2.75) is 25.0 Å². The third kappa shape index (κ3) is 3.28. The van der Waals surface area contributed by atoms with Crippen LogP contribution in [-0.4, -0.2) is 29.9 Å². The Balaban J connectivity index is 1.91. The van der Waals surface area contributed by atoms with Gasteiger partial charge in [-0.05, 0) is 41.5 Å². The predicted molar refractivity (Wildman–Crippen MR) is 77.1 cm³/mol. The summed E-state index contributed by atoms with van der Waals surface area (Å²) in [5, 5.41) is 13.9. The number of carbonyl (C=O) groups is 1. The number of hydrogen-bond donors (Lipinski definition) is 2. The topological polar surface area (TPSA) is 49.3 Å². The van der Waals surface area contributed by atoms with E-state index in [1.165, 1.54) is 10.4 Å². The first kappa shape index (κ1) is 13.9. The first-order valence-corrected chi connectivity index (χ1v) is 8.21. The molecule has 2 heterocycles. The Labute approximate surface area is 116 Å². The predicted octanol–water partition coefficient (Wildman–Crippen LogP) is 2.21. The minimum Gasteiger partial charge on any atom is -0.396 e. The lowest BCUT2D eigenvalue weighted by Gasteiger charge is -2.22. The van der Waals surface area contributed by atoms with Crippen LogP contribution in [0.4, 0.5) is 0 Å². The lowest BCUT2D eigenvalue weighted by atomic mass is 10.1. The maximum atomic E-state index is 12.2. The number of thiophene rings is 1. The van der Waals surface area contributed by atoms with Gasteiger partial charge in [-0.15, -0.1) is 23.1 Å². The van der Waals surface area contributed by atoms with Crippen molar-refractivity contribution in [3.63, 3.8) is 0 Å². The molecule has 0 fully saturated rings. The molecule has 2 rings (SSSR count). The zero-order valence-electron chi connectivity index (χ0n) is 10.5. The van der Waals surface area contributed by atoms with Crippen LogP contribution in [0.25, 0.3) is 0 Å². The maximum Gasteiger partial charge on any atom is 0.237 e. The SMILES string of the molecule is CC(CCO)CNC(=O)C1SCCc2sccc21. The van der Waals surface area contributed by atoms with Crippen LogP contribution in [0.3, 0.4) is 0 Å². The molecule has 2 unspecified atom stereocenters. The van der Waals surface area contributed by atoms with Gasteiger partial charge in [0.25, 0.3) is 0 Å². The lowest BCUT2D eigenvalue weighted by Crippen LogP contribution is -2.33. The fourth-order valence-electron chi connectivity index (χ4n) is 2.05. The molecule has 100 valence electrons. The summed E-state index contributed by atoms with van der Waals surface area (Å²) in [6.45, 7) is 2.88. The number of thioether (sulfide) groups is 1. The molecule has 0 bridgehead atoms. The average Bonchev–Trinajstić information content (AvgIpc) is 2.84. The molecule has 1 aliphatic heterocycles. The number of aliphatic hydroxyl groups excluding tert-OH is 1. The largest absolute Gasteiger partial charge is 0.396 e. The Hall–Kier alpha value is -0.520. The van der Waals surface area contributed by atoms with Gasteiger partial charge in [-0.2, -0.15) is 0 Å². The number of amides is 1. The molecule has 1 aromatic rings. The van der Waals surface area contributed by atoms with Crippen LogP contribution in [0.2, 0.25) is 0 Å². The first-order valence-electron chi connectivity index (χ1n) is 6.28. The first-order chi connectivity index (χ1) is 8.72. The molecule has 0 aliphatic carbocycles. The monoisotopic (exact) mass is 285 g/mol. The second-order valence-corrected chi connectivity index (χ2v) is 6.88. The summed E-state index contributed by atoms with van der Waals surface area (Å²) in [5.74, 6) is 1.47. The third-order valence-corrected chi connectivity index (χ3v) is 5.40. The van der Waals surface area contributed by atoms with Crippen molar-refractivity contribution in [2.75, 3.05) is 18.9 Å². The summed E-state index contributed by atoms with van der Waals surface area (Å²) in [4.78, 5) is 13.5. The zero-order valence-corrected chi connectivity index (χ0v) is 12.1. The highest BCUT2D eigenvalue weighted by Crippen LogP contribution is 2.39. The zero-order chi connectivity index (χ0) is 13.0. The maximum absolute atomic E-state index is 12.2. The van der Waals surface area contributed by atoms with Crippen LogP contribution in [0, 0.1) is 5.92 Å². The molecular weight excluding hydrogens is 266 g/mol. The third-order valence-electron chi connectivity index (χ3n) is 3.16. The van der Waals surface area contributed by atoms with Gasteiger partial charge in [0.15, 0.2) is 0 Å². The van der Waals surface area contributed by atoms with Crippen molar-refractivity contribution in [2.24, 2.45) is 5.92 Å². The number of hydrogen-bond acceptors (Lipinski definition) is 4. The Morgan fingerprint density at radius 2 is 2.50 bits per heavy atom. The number of fused-ring (bicyclic) bond motifs is 1. The highest BCUT2D eigenvalue weighted by molar-refractivity contribution is 8.00. The molecule has 0 saturated carbocycles. The number of aliphatic hydroxyl groups is 1. The van der Waals surface area contributed by atoms with Crippen LogP contribution in [0.5, 0.6) is 0 Å². The van der Waals surface area contributed by atoms with E-state index in [0.29, 0.717) is 12.5 Å². The fourth-order valence-corrected chi connectivity index (χ4v) is 4.37. The molecule has 0 radical (unpaired) electrons. The highest BCUT2D eigenvalue weighted by atomic mass is 32.2. The van der Waals surface area contributed by atoms with Gasteiger partial charge in [0, 0.05) is 18.0 Å². The van der Waals surface area contributed by atoms with E-state index in [0.717, 1.165) is 18.6 Å². The Morgan fingerprint density at radius 1 is 1.67 bits per heavy atom. The van der Waals surface area contributed by atoms with E-state index in [4.69, 9.17) is 5.11 Å². The van der Waals surface area contributed by atoms with Crippen molar-refractivity contribution in [1.82, 2.24) is 5.32 Å². The average molecular weight is 285 g/mol. The summed E-state index contributed by atoms with van der Waals surface area (Å²) < 4.78 is 0. The van der Waals surface area contributed by atoms with Gasteiger partial charge >= 0.3 is 0 Å². The van der Waals surface area contributed by atoms with Crippen molar-refractivity contribution in [1.29, 1.82) is 0 Å². The second kappa shape index (κ2) is 6.59. The number of aryl methyl sites for hydroxylation is 1. The molecule has 2 atom stereocenters. The van der Waals surface area contributed by atoms with E-state index < -0.39 is 0 Å². The second-order valence-electron chi connectivity index (χ2n) is 4.66. The van der Waals surface area contributed by atoms with Crippen LogP contribution in [-0.2, 0) is 11.2 Å². The Kier molecular flexibility index (Phi) is 5.09. The van der Waals surface area contributed by atoms with Crippen LogP contribution >= 0.6 is 23.1 Å². The normalized spacial score (nSPS) is 20.2. The highest BCUT2D eigenvalue weighted by Gasteiger charge is 2.27. The van der Waals surface area contributed by atoms with Crippen LogP contribution < -0.4 is 5.32 Å². The lowest BCUT2D eigenvalue weighted by molar-refractivity contribution is -0.120. The molecule has 1 aliphatic rings. The standard InChI is InChI=1S/C13H19NO2S2/c1-9(2-5-15)8-14-13(16)12-10-3-6-17-11(10)4-7-18-12/h3,6,9,12,15H,2,4-5,7-8H2,1H3,(H,14,16). The molecule has 0 spiro atoms. The summed E-state index contributed by atoms with van der Waals surface area (Å²) in [5.41, 5.74) is 1.20. The quantitative estimate of drug-likeness (QED) is 0.872. The number of carbonyl (C=O) groups excluding carboxylic acids is 1. The van der Waals surface area contributed by atoms with E-state index in [1.54, 1.807) is 23.1 Å². The van der Waals surface area contributed by atoms with Crippen LogP contribution in [0.1, 0.15) is 29.0 Å². The minimum absolute atomic E-state index is 0.0404. The fraction of sp³-hybridized carbons (Fsp3) is 0.615. The Bertz CT molecular complexity index is 405. The molecule has 0 saturated heterocycles. The van der Waals surface area contributed by atoms with E-state index in [9.17, 15) is 4.79 Å². The van der Waals surface area contributed by atoms with Crippen molar-refractivity contribution in [3.8, 4) is 0 Å². The number of rotatable bonds is 5. The molecule has 1 amide bonds. The van der Waals surface area contributed by atoms with Gasteiger partial charge < -0.3 is 10.4 Å². The van der Waals surface area contributed by atoms with E-state index in [2.05, 4.69) is 16.8 Å². The van der Waals surface area contributed by atoms with Gasteiger partial charge in [0.1, 0.15) is 5.25 Å². The minimum atomic E-state index is -0.0404. The van der Waals surface area contributed by atoms with Crippen molar-refractivity contribution >= 4 is 29.0 Å². The molecule has 18 heavy (non-hydrogen) atoms. The molecular formula is C13H19NO2S2. The molecule has 1 aromatic heterocycles. The molecule has 2 N–H and O–H groups in total. The van der Waals surface area contributed by atoms with Crippen molar-refractivity contribution < 1.29 is 9.90 Å². The summed E-state index contributed by atoms with van der Waals surface area (Å²) >= 11 is 3.48. The van der Waals surface area contributed by atoms with Gasteiger partial charge in [-0.1, -0.05) is 6.92 Å². The van der Waals surface area contributed by atoms with Gasteiger partial charge in [0.05, 0.1) is 0 Å². The molecule has 3 nitrogen and oxygen atoms in total. The molecule has 5 heteroatoms. The smallest absolute Gasteiger partial charge is 0.237 e. The van der Waals surface area contributed by atoms with Gasteiger partial charge in [0.2, 0.25) is 5.91 Å². The summed E-state index contributed by atoms with van der Waals surface area (Å²) in [6, 6.07) is 2.08. The van der Waals surface area contributed by atoms with Crippen molar-refractivity contribution in [3.05, 3.63) is 21.9 Å². The van der Waals surface area contributed by atoms with Crippen LogP contribution in [0.15, 0.2) is 11.4 Å². The van der Waals surface area contributed by atoms with Gasteiger partial charge in [-0.3, -0.25) is 4.79 Å². The van der Waals surface area contributed by atoms with E-state index >= 15 is 0 Å². The Morgan fingerprint density at radius 3 is 3.28 bits per heavy atom. The summed E-state index contributed by atoms with van der Waals surface area (Å²) in [7, 11) is 0.